The molecule has 0 spiro atoms. The molecule has 27 heavy (non-hydrogen) atoms. The number of hydrogen-bond donors (Lipinski definition) is 3. The summed E-state index contributed by atoms with van der Waals surface area (Å²) in [5.74, 6) is 0. The lowest BCUT2D eigenvalue weighted by Gasteiger charge is -2.10. The molecule has 138 valence electrons. The lowest BCUT2D eigenvalue weighted by atomic mass is 10.3. The van der Waals surface area contributed by atoms with Crippen molar-refractivity contribution in [3.63, 3.8) is 0 Å². The average molecular weight is 382 g/mol. The summed E-state index contributed by atoms with van der Waals surface area (Å²) < 4.78 is 27.1. The minimum Gasteiger partial charge on any atom is -0.334 e. The number of carbonyl (C=O) groups excluding carboxylic acids is 1. The number of aromatic nitrogens is 1. The van der Waals surface area contributed by atoms with Crippen molar-refractivity contribution in [2.45, 2.75) is 11.4 Å². The third-order valence-electron chi connectivity index (χ3n) is 3.65. The normalized spacial score (nSPS) is 10.8. The Balaban J connectivity index is 1.56. The number of hydrogen-bond acceptors (Lipinski definition) is 4. The molecule has 0 radical (unpaired) electrons. The van der Waals surface area contributed by atoms with Crippen molar-refractivity contribution in [2.24, 2.45) is 0 Å². The van der Waals surface area contributed by atoms with E-state index < -0.39 is 10.0 Å². The Morgan fingerprint density at radius 2 is 1.48 bits per heavy atom. The van der Waals surface area contributed by atoms with Crippen molar-refractivity contribution < 1.29 is 13.2 Å². The molecule has 2 aromatic carbocycles. The van der Waals surface area contributed by atoms with Gasteiger partial charge in [0.25, 0.3) is 10.0 Å². The summed E-state index contributed by atoms with van der Waals surface area (Å²) in [5, 5.41) is 5.42. The second-order valence-corrected chi connectivity index (χ2v) is 7.34. The van der Waals surface area contributed by atoms with Crippen LogP contribution in [0.5, 0.6) is 0 Å². The van der Waals surface area contributed by atoms with Gasteiger partial charge in [-0.15, -0.1) is 0 Å². The molecule has 0 aliphatic heterocycles. The monoisotopic (exact) mass is 382 g/mol. The zero-order valence-electron chi connectivity index (χ0n) is 14.3. The first kappa shape index (κ1) is 18.4. The molecule has 0 unspecified atom stereocenters. The molecule has 0 aliphatic rings. The summed E-state index contributed by atoms with van der Waals surface area (Å²) in [5.41, 5.74) is 1.89. The van der Waals surface area contributed by atoms with Crippen molar-refractivity contribution in [1.29, 1.82) is 0 Å². The van der Waals surface area contributed by atoms with Crippen LogP contribution in [0.1, 0.15) is 5.56 Å². The Labute approximate surface area is 157 Å². The third-order valence-corrected chi connectivity index (χ3v) is 5.05. The lowest BCUT2D eigenvalue weighted by molar-refractivity contribution is 0.251. The average Bonchev–Trinajstić information content (AvgIpc) is 2.69. The van der Waals surface area contributed by atoms with E-state index in [4.69, 9.17) is 0 Å². The van der Waals surface area contributed by atoms with Crippen molar-refractivity contribution in [3.05, 3.63) is 84.7 Å². The van der Waals surface area contributed by atoms with Gasteiger partial charge >= 0.3 is 6.03 Å². The molecular formula is C19H18N4O3S. The SMILES string of the molecule is O=C(NCc1ccncc1)Nc1ccc(NS(=O)(=O)c2ccccc2)cc1. The zero-order valence-corrected chi connectivity index (χ0v) is 15.1. The Kier molecular flexibility index (Phi) is 5.68. The van der Waals surface area contributed by atoms with Crippen LogP contribution < -0.4 is 15.4 Å². The van der Waals surface area contributed by atoms with Gasteiger partial charge in [0.2, 0.25) is 0 Å². The van der Waals surface area contributed by atoms with Crippen LogP contribution in [0.2, 0.25) is 0 Å². The number of nitrogens with zero attached hydrogens (tertiary/aromatic N) is 1. The number of anilines is 2. The highest BCUT2D eigenvalue weighted by molar-refractivity contribution is 7.92. The van der Waals surface area contributed by atoms with Gasteiger partial charge in [0.1, 0.15) is 0 Å². The lowest BCUT2D eigenvalue weighted by Crippen LogP contribution is -2.28. The number of urea groups is 1. The van der Waals surface area contributed by atoms with Gasteiger partial charge in [-0.1, -0.05) is 18.2 Å². The molecule has 0 fully saturated rings. The maximum Gasteiger partial charge on any atom is 0.319 e. The smallest absolute Gasteiger partial charge is 0.319 e. The van der Waals surface area contributed by atoms with Crippen LogP contribution in [-0.4, -0.2) is 19.4 Å². The van der Waals surface area contributed by atoms with Gasteiger partial charge in [-0.25, -0.2) is 13.2 Å². The van der Waals surface area contributed by atoms with Crippen molar-refractivity contribution >= 4 is 27.4 Å². The first-order valence-electron chi connectivity index (χ1n) is 8.15. The van der Waals surface area contributed by atoms with E-state index in [9.17, 15) is 13.2 Å². The van der Waals surface area contributed by atoms with Crippen molar-refractivity contribution in [1.82, 2.24) is 10.3 Å². The highest BCUT2D eigenvalue weighted by Crippen LogP contribution is 2.18. The van der Waals surface area contributed by atoms with E-state index in [0.717, 1.165) is 5.56 Å². The maximum atomic E-state index is 12.3. The van der Waals surface area contributed by atoms with Crippen LogP contribution in [0.25, 0.3) is 0 Å². The summed E-state index contributed by atoms with van der Waals surface area (Å²) in [7, 11) is -3.64. The summed E-state index contributed by atoms with van der Waals surface area (Å²) >= 11 is 0. The molecule has 0 saturated heterocycles. The van der Waals surface area contributed by atoms with Crippen LogP contribution in [-0.2, 0) is 16.6 Å². The Bertz CT molecular complexity index is 992. The number of benzene rings is 2. The fraction of sp³-hybridized carbons (Fsp3) is 0.0526. The van der Waals surface area contributed by atoms with E-state index in [0.29, 0.717) is 17.9 Å². The van der Waals surface area contributed by atoms with Gasteiger partial charge in [0.15, 0.2) is 0 Å². The minimum absolute atomic E-state index is 0.183. The molecule has 3 N–H and O–H groups in total. The van der Waals surface area contributed by atoms with Gasteiger partial charge in [-0.05, 0) is 54.1 Å². The van der Waals surface area contributed by atoms with E-state index in [1.54, 1.807) is 54.9 Å². The summed E-state index contributed by atoms with van der Waals surface area (Å²) in [6, 6.07) is 17.8. The molecule has 0 bridgehead atoms. The summed E-state index contributed by atoms with van der Waals surface area (Å²) in [4.78, 5) is 16.0. The molecule has 2 amide bonds. The molecule has 3 aromatic rings. The predicted octanol–water partition coefficient (Wildman–Crippen LogP) is 3.20. The standard InChI is InChI=1S/C19H18N4O3S/c24-19(21-14-15-10-12-20-13-11-15)22-16-6-8-17(9-7-16)23-27(25,26)18-4-2-1-3-5-18/h1-13,23H,14H2,(H2,21,22,24). The van der Waals surface area contributed by atoms with Crippen LogP contribution in [0.15, 0.2) is 84.0 Å². The number of carbonyl (C=O) groups is 1. The maximum absolute atomic E-state index is 12.3. The quantitative estimate of drug-likeness (QED) is 0.609. The van der Waals surface area contributed by atoms with Crippen LogP contribution >= 0.6 is 0 Å². The Morgan fingerprint density at radius 3 is 2.15 bits per heavy atom. The van der Waals surface area contributed by atoms with Gasteiger partial charge in [0, 0.05) is 30.3 Å². The Hall–Kier alpha value is -3.39. The predicted molar refractivity (Wildman–Crippen MR) is 104 cm³/mol. The van der Waals surface area contributed by atoms with Gasteiger partial charge in [-0.3, -0.25) is 9.71 Å². The topological polar surface area (TPSA) is 100 Å². The third kappa shape index (κ3) is 5.29. The zero-order chi connectivity index (χ0) is 19.1. The second-order valence-electron chi connectivity index (χ2n) is 5.66. The first-order chi connectivity index (χ1) is 13.0. The largest absolute Gasteiger partial charge is 0.334 e. The van der Waals surface area contributed by atoms with E-state index >= 15 is 0 Å². The number of rotatable bonds is 6. The number of amides is 2. The van der Waals surface area contributed by atoms with Gasteiger partial charge in [-0.2, -0.15) is 0 Å². The fourth-order valence-electron chi connectivity index (χ4n) is 2.29. The van der Waals surface area contributed by atoms with Gasteiger partial charge < -0.3 is 10.6 Å². The van der Waals surface area contributed by atoms with E-state index in [1.807, 2.05) is 12.1 Å². The molecule has 0 saturated carbocycles. The minimum atomic E-state index is -3.64. The Morgan fingerprint density at radius 1 is 0.852 bits per heavy atom. The van der Waals surface area contributed by atoms with Crippen molar-refractivity contribution in [2.75, 3.05) is 10.0 Å². The highest BCUT2D eigenvalue weighted by atomic mass is 32.2. The molecule has 3 rings (SSSR count). The molecule has 0 aliphatic carbocycles. The van der Waals surface area contributed by atoms with Crippen LogP contribution in [0.4, 0.5) is 16.2 Å². The second kappa shape index (κ2) is 8.33. The first-order valence-corrected chi connectivity index (χ1v) is 9.63. The van der Waals surface area contributed by atoms with Gasteiger partial charge in [0.05, 0.1) is 4.90 Å². The molecule has 1 aromatic heterocycles. The molecule has 8 heteroatoms. The van der Waals surface area contributed by atoms with Crippen LogP contribution in [0.3, 0.4) is 0 Å². The number of sulfonamides is 1. The van der Waals surface area contributed by atoms with E-state index in [-0.39, 0.29) is 10.9 Å². The molecule has 0 atom stereocenters. The summed E-state index contributed by atoms with van der Waals surface area (Å²) in [6.07, 6.45) is 3.31. The highest BCUT2D eigenvalue weighted by Gasteiger charge is 2.13. The van der Waals surface area contributed by atoms with Crippen molar-refractivity contribution in [3.8, 4) is 0 Å². The van der Waals surface area contributed by atoms with E-state index in [2.05, 4.69) is 20.3 Å². The van der Waals surface area contributed by atoms with E-state index in [1.165, 1.54) is 12.1 Å². The molecular weight excluding hydrogens is 364 g/mol. The molecule has 1 heterocycles. The number of nitrogens with one attached hydrogen (secondary N) is 3. The van der Waals surface area contributed by atoms with Crippen LogP contribution in [0, 0.1) is 0 Å². The molecule has 7 nitrogen and oxygen atoms in total. The summed E-state index contributed by atoms with van der Waals surface area (Å²) in [6.45, 7) is 0.378. The number of pyridine rings is 1. The fourth-order valence-corrected chi connectivity index (χ4v) is 3.37.